The predicted octanol–water partition coefficient (Wildman–Crippen LogP) is 3.06. The molecular formula is C19H29Cl2IN4O2. The Morgan fingerprint density at radius 1 is 1.32 bits per heavy atom. The highest BCUT2D eigenvalue weighted by molar-refractivity contribution is 14.0. The number of ether oxygens (including phenoxy) is 1. The molecule has 0 spiro atoms. The SMILES string of the molecule is CCNC(=NCC(O)c1cc(Cl)cc(Cl)c1)NCC1CN2CCCC2CO1.I. The molecule has 2 saturated heterocycles. The number of hydrogen-bond donors (Lipinski definition) is 3. The largest absolute Gasteiger partial charge is 0.386 e. The van der Waals surface area contributed by atoms with Crippen molar-refractivity contribution in [3.63, 3.8) is 0 Å². The number of fused-ring (bicyclic) bond motifs is 1. The number of aliphatic hydroxyl groups excluding tert-OH is 1. The first-order chi connectivity index (χ1) is 13.0. The number of hydrogen-bond acceptors (Lipinski definition) is 4. The number of aliphatic imine (C=N–C) groups is 1. The van der Waals surface area contributed by atoms with Gasteiger partial charge in [0, 0.05) is 35.7 Å². The van der Waals surface area contributed by atoms with Crippen molar-refractivity contribution in [2.24, 2.45) is 4.99 Å². The average molecular weight is 543 g/mol. The van der Waals surface area contributed by atoms with Crippen LogP contribution in [0.1, 0.15) is 31.4 Å². The van der Waals surface area contributed by atoms with E-state index in [0.29, 0.717) is 34.2 Å². The van der Waals surface area contributed by atoms with E-state index in [-0.39, 0.29) is 36.6 Å². The summed E-state index contributed by atoms with van der Waals surface area (Å²) >= 11 is 12.0. The van der Waals surface area contributed by atoms with Crippen LogP contribution in [0.15, 0.2) is 23.2 Å². The van der Waals surface area contributed by atoms with Gasteiger partial charge in [0.05, 0.1) is 25.4 Å². The first kappa shape index (κ1) is 24.0. The summed E-state index contributed by atoms with van der Waals surface area (Å²) in [6.07, 6.45) is 1.90. The zero-order chi connectivity index (χ0) is 19.2. The molecule has 2 heterocycles. The molecule has 0 radical (unpaired) electrons. The summed E-state index contributed by atoms with van der Waals surface area (Å²) in [6, 6.07) is 5.65. The molecule has 2 aliphatic heterocycles. The van der Waals surface area contributed by atoms with Crippen molar-refractivity contribution >= 4 is 53.1 Å². The zero-order valence-electron chi connectivity index (χ0n) is 16.0. The van der Waals surface area contributed by atoms with E-state index in [1.54, 1.807) is 18.2 Å². The lowest BCUT2D eigenvalue weighted by atomic mass is 10.1. The minimum atomic E-state index is -0.770. The van der Waals surface area contributed by atoms with Crippen molar-refractivity contribution in [2.75, 3.05) is 39.3 Å². The van der Waals surface area contributed by atoms with Crippen LogP contribution < -0.4 is 10.6 Å². The summed E-state index contributed by atoms with van der Waals surface area (Å²) in [7, 11) is 0. The minimum absolute atomic E-state index is 0. The Labute approximate surface area is 194 Å². The molecule has 9 heteroatoms. The Kier molecular flexibility index (Phi) is 10.1. The van der Waals surface area contributed by atoms with Crippen molar-refractivity contribution in [3.8, 4) is 0 Å². The number of morpholine rings is 1. The maximum absolute atomic E-state index is 10.4. The summed E-state index contributed by atoms with van der Waals surface area (Å²) in [6.45, 7) is 6.60. The number of nitrogens with zero attached hydrogens (tertiary/aromatic N) is 2. The van der Waals surface area contributed by atoms with Crippen molar-refractivity contribution in [1.82, 2.24) is 15.5 Å². The lowest BCUT2D eigenvalue weighted by Gasteiger charge is -2.35. The first-order valence-electron chi connectivity index (χ1n) is 9.57. The smallest absolute Gasteiger partial charge is 0.191 e. The van der Waals surface area contributed by atoms with Crippen molar-refractivity contribution in [1.29, 1.82) is 0 Å². The Bertz CT molecular complexity index is 645. The number of nitrogens with one attached hydrogen (secondary N) is 2. The van der Waals surface area contributed by atoms with Gasteiger partial charge in [0.25, 0.3) is 0 Å². The molecule has 3 rings (SSSR count). The van der Waals surface area contributed by atoms with Gasteiger partial charge >= 0.3 is 0 Å². The van der Waals surface area contributed by atoms with Gasteiger partial charge in [0.1, 0.15) is 0 Å². The predicted molar refractivity (Wildman–Crippen MR) is 125 cm³/mol. The maximum Gasteiger partial charge on any atom is 0.191 e. The average Bonchev–Trinajstić information content (AvgIpc) is 3.10. The Balaban J connectivity index is 0.00000280. The lowest BCUT2D eigenvalue weighted by molar-refractivity contribution is -0.0453. The van der Waals surface area contributed by atoms with Gasteiger partial charge in [-0.05, 0) is 50.1 Å². The highest BCUT2D eigenvalue weighted by atomic mass is 127. The number of guanidine groups is 1. The highest BCUT2D eigenvalue weighted by Gasteiger charge is 2.32. The van der Waals surface area contributed by atoms with Gasteiger partial charge < -0.3 is 20.5 Å². The maximum atomic E-state index is 10.4. The van der Waals surface area contributed by atoms with Gasteiger partial charge in [0.15, 0.2) is 5.96 Å². The molecule has 0 aliphatic carbocycles. The second-order valence-electron chi connectivity index (χ2n) is 7.07. The molecule has 0 saturated carbocycles. The molecule has 1 aromatic carbocycles. The zero-order valence-corrected chi connectivity index (χ0v) is 19.9. The summed E-state index contributed by atoms with van der Waals surface area (Å²) in [4.78, 5) is 7.01. The van der Waals surface area contributed by atoms with E-state index in [9.17, 15) is 5.11 Å². The summed E-state index contributed by atoms with van der Waals surface area (Å²) in [5.74, 6) is 0.664. The van der Waals surface area contributed by atoms with E-state index in [2.05, 4.69) is 20.5 Å². The van der Waals surface area contributed by atoms with Gasteiger partial charge in [-0.2, -0.15) is 0 Å². The second-order valence-corrected chi connectivity index (χ2v) is 7.94. The number of halogens is 3. The fraction of sp³-hybridized carbons (Fsp3) is 0.632. The van der Waals surface area contributed by atoms with Crippen LogP contribution in [0.2, 0.25) is 10.0 Å². The van der Waals surface area contributed by atoms with Crippen LogP contribution in [-0.4, -0.2) is 67.4 Å². The van der Waals surface area contributed by atoms with Crippen LogP contribution in [0.3, 0.4) is 0 Å². The van der Waals surface area contributed by atoms with Crippen LogP contribution in [0, 0.1) is 0 Å². The molecule has 3 atom stereocenters. The Hall–Kier alpha value is -0.320. The summed E-state index contributed by atoms with van der Waals surface area (Å²) < 4.78 is 5.98. The first-order valence-corrected chi connectivity index (χ1v) is 10.3. The minimum Gasteiger partial charge on any atom is -0.386 e. The molecule has 2 aliphatic rings. The summed E-state index contributed by atoms with van der Waals surface area (Å²) in [5.41, 5.74) is 0.655. The molecule has 3 N–H and O–H groups in total. The van der Waals surface area contributed by atoms with Gasteiger partial charge in [-0.15, -0.1) is 24.0 Å². The fourth-order valence-electron chi connectivity index (χ4n) is 3.61. The van der Waals surface area contributed by atoms with Crippen molar-refractivity contribution < 1.29 is 9.84 Å². The molecule has 6 nitrogen and oxygen atoms in total. The third-order valence-electron chi connectivity index (χ3n) is 4.99. The molecular weight excluding hydrogens is 514 g/mol. The molecule has 1 aromatic rings. The van der Waals surface area contributed by atoms with Crippen LogP contribution in [0.25, 0.3) is 0 Å². The molecule has 2 fully saturated rings. The normalized spacial score (nSPS) is 23.6. The third-order valence-corrected chi connectivity index (χ3v) is 5.43. The van der Waals surface area contributed by atoms with E-state index < -0.39 is 6.10 Å². The Morgan fingerprint density at radius 2 is 2.07 bits per heavy atom. The van der Waals surface area contributed by atoms with Crippen molar-refractivity contribution in [2.45, 2.75) is 38.0 Å². The number of rotatable bonds is 6. The van der Waals surface area contributed by atoms with Crippen LogP contribution in [0.4, 0.5) is 0 Å². The molecule has 0 amide bonds. The van der Waals surface area contributed by atoms with E-state index in [1.807, 2.05) is 6.92 Å². The standard InChI is InChI=1S/C19H28Cl2N4O2.HI/c1-2-22-19(23-9-17-11-25-5-3-4-16(25)12-27-17)24-10-18(26)13-6-14(20)8-15(21)7-13;/h6-8,16-18,26H,2-5,9-12H2,1H3,(H2,22,23,24);1H. The number of aliphatic hydroxyl groups is 1. The quantitative estimate of drug-likeness (QED) is 0.293. The lowest BCUT2D eigenvalue weighted by Crippen LogP contribution is -2.51. The van der Waals surface area contributed by atoms with E-state index in [4.69, 9.17) is 27.9 Å². The Morgan fingerprint density at radius 3 is 2.79 bits per heavy atom. The van der Waals surface area contributed by atoms with Gasteiger partial charge in [-0.25, -0.2) is 0 Å². The van der Waals surface area contributed by atoms with Crippen LogP contribution >= 0.6 is 47.2 Å². The van der Waals surface area contributed by atoms with Gasteiger partial charge in [-0.1, -0.05) is 23.2 Å². The molecule has 0 bridgehead atoms. The van der Waals surface area contributed by atoms with Gasteiger partial charge in [-0.3, -0.25) is 9.89 Å². The monoisotopic (exact) mass is 542 g/mol. The topological polar surface area (TPSA) is 69.1 Å². The number of benzene rings is 1. The summed E-state index contributed by atoms with van der Waals surface area (Å²) in [5, 5.41) is 17.9. The van der Waals surface area contributed by atoms with Gasteiger partial charge in [0.2, 0.25) is 0 Å². The van der Waals surface area contributed by atoms with Crippen LogP contribution in [0.5, 0.6) is 0 Å². The molecule has 158 valence electrons. The second kappa shape index (κ2) is 11.8. The molecule has 3 unspecified atom stereocenters. The van der Waals surface area contributed by atoms with Crippen LogP contribution in [-0.2, 0) is 4.74 Å². The molecule has 28 heavy (non-hydrogen) atoms. The van der Waals surface area contributed by atoms with E-state index in [1.165, 1.54) is 19.4 Å². The molecule has 0 aromatic heterocycles. The third kappa shape index (κ3) is 6.88. The van der Waals surface area contributed by atoms with E-state index >= 15 is 0 Å². The highest BCUT2D eigenvalue weighted by Crippen LogP contribution is 2.24. The van der Waals surface area contributed by atoms with Crippen molar-refractivity contribution in [3.05, 3.63) is 33.8 Å². The fourth-order valence-corrected chi connectivity index (χ4v) is 4.16. The van der Waals surface area contributed by atoms with E-state index in [0.717, 1.165) is 19.7 Å².